The minimum Gasteiger partial charge on any atom is -0.368 e. The van der Waals surface area contributed by atoms with E-state index in [4.69, 9.17) is 5.73 Å². The monoisotopic (exact) mass is 310 g/mol. The highest BCUT2D eigenvalue weighted by Crippen LogP contribution is 2.37. The van der Waals surface area contributed by atoms with Crippen LogP contribution in [0.25, 0.3) is 0 Å². The van der Waals surface area contributed by atoms with E-state index in [0.717, 1.165) is 32.2 Å². The number of primary amides is 1. The van der Waals surface area contributed by atoms with Crippen molar-refractivity contribution in [2.24, 2.45) is 5.73 Å². The number of aromatic amines is 1. The van der Waals surface area contributed by atoms with Crippen molar-refractivity contribution in [3.8, 4) is 0 Å². The molecule has 0 bridgehead atoms. The number of hydrogen-bond acceptors (Lipinski definition) is 5. The topological polar surface area (TPSA) is 101 Å². The maximum Gasteiger partial charge on any atom is 0.251 e. The van der Waals surface area contributed by atoms with Crippen molar-refractivity contribution < 1.29 is 4.79 Å². The highest BCUT2D eigenvalue weighted by molar-refractivity contribution is 7.99. The van der Waals surface area contributed by atoms with Crippen LogP contribution in [0, 0.1) is 0 Å². The molecule has 1 amide bonds. The lowest BCUT2D eigenvalue weighted by atomic mass is 9.80. The Kier molecular flexibility index (Phi) is 5.41. The SMILES string of the molecule is CCCNC1(C(N)=O)CCCC(Sc2nccc(=O)[nH]2)C1. The summed E-state index contributed by atoms with van der Waals surface area (Å²) in [5.41, 5.74) is 4.86. The molecule has 2 unspecified atom stereocenters. The van der Waals surface area contributed by atoms with Gasteiger partial charge in [-0.1, -0.05) is 18.7 Å². The Bertz CT molecular complexity index is 548. The van der Waals surface area contributed by atoms with Crippen LogP contribution in [0.4, 0.5) is 0 Å². The number of nitrogens with one attached hydrogen (secondary N) is 2. The highest BCUT2D eigenvalue weighted by atomic mass is 32.2. The van der Waals surface area contributed by atoms with Crippen LogP contribution in [0.3, 0.4) is 0 Å². The fourth-order valence-corrected chi connectivity index (χ4v) is 3.98. The van der Waals surface area contributed by atoms with E-state index in [9.17, 15) is 9.59 Å². The van der Waals surface area contributed by atoms with Gasteiger partial charge in [-0.15, -0.1) is 0 Å². The first kappa shape index (κ1) is 16.0. The normalized spacial score (nSPS) is 25.7. The summed E-state index contributed by atoms with van der Waals surface area (Å²) in [4.78, 5) is 30.1. The van der Waals surface area contributed by atoms with Gasteiger partial charge in [-0.25, -0.2) is 4.98 Å². The summed E-state index contributed by atoms with van der Waals surface area (Å²) in [6, 6.07) is 1.39. The maximum atomic E-state index is 11.9. The van der Waals surface area contributed by atoms with E-state index in [1.54, 1.807) is 0 Å². The molecular weight excluding hydrogens is 288 g/mol. The molecule has 1 aromatic heterocycles. The molecule has 21 heavy (non-hydrogen) atoms. The van der Waals surface area contributed by atoms with Crippen LogP contribution in [0.1, 0.15) is 39.0 Å². The largest absolute Gasteiger partial charge is 0.368 e. The number of carbonyl (C=O) groups excluding carboxylic acids is 1. The van der Waals surface area contributed by atoms with Crippen LogP contribution in [0.2, 0.25) is 0 Å². The van der Waals surface area contributed by atoms with E-state index >= 15 is 0 Å². The van der Waals surface area contributed by atoms with Gasteiger partial charge in [0.25, 0.3) is 5.56 Å². The fourth-order valence-electron chi connectivity index (χ4n) is 2.73. The summed E-state index contributed by atoms with van der Waals surface area (Å²) in [5.74, 6) is -0.282. The molecular formula is C14H22N4O2S. The van der Waals surface area contributed by atoms with Gasteiger partial charge in [0.1, 0.15) is 0 Å². The zero-order valence-electron chi connectivity index (χ0n) is 12.2. The third-order valence-electron chi connectivity index (χ3n) is 3.82. The fraction of sp³-hybridized carbons (Fsp3) is 0.643. The molecule has 0 saturated heterocycles. The lowest BCUT2D eigenvalue weighted by molar-refractivity contribution is -0.125. The number of nitrogens with zero attached hydrogens (tertiary/aromatic N) is 1. The van der Waals surface area contributed by atoms with Crippen molar-refractivity contribution in [1.82, 2.24) is 15.3 Å². The summed E-state index contributed by atoms with van der Waals surface area (Å²) in [6.45, 7) is 2.84. The summed E-state index contributed by atoms with van der Waals surface area (Å²) in [5, 5.41) is 4.15. The molecule has 0 spiro atoms. The first-order valence-electron chi connectivity index (χ1n) is 7.32. The quantitative estimate of drug-likeness (QED) is 0.681. The Morgan fingerprint density at radius 3 is 3.14 bits per heavy atom. The van der Waals surface area contributed by atoms with E-state index in [1.165, 1.54) is 24.0 Å². The molecule has 1 saturated carbocycles. The molecule has 7 heteroatoms. The molecule has 0 aliphatic heterocycles. The number of hydrogen-bond donors (Lipinski definition) is 3. The Morgan fingerprint density at radius 1 is 1.67 bits per heavy atom. The Labute approximate surface area is 128 Å². The molecule has 1 aromatic rings. The summed E-state index contributed by atoms with van der Waals surface area (Å²) in [6.07, 6.45) is 5.84. The summed E-state index contributed by atoms with van der Waals surface area (Å²) < 4.78 is 0. The highest BCUT2D eigenvalue weighted by Gasteiger charge is 2.41. The van der Waals surface area contributed by atoms with E-state index in [2.05, 4.69) is 22.2 Å². The van der Waals surface area contributed by atoms with Crippen molar-refractivity contribution in [3.63, 3.8) is 0 Å². The van der Waals surface area contributed by atoms with E-state index in [0.29, 0.717) is 11.6 Å². The number of H-pyrrole nitrogens is 1. The molecule has 1 fully saturated rings. The molecule has 0 radical (unpaired) electrons. The molecule has 1 aliphatic carbocycles. The predicted octanol–water partition coefficient (Wildman–Crippen LogP) is 1.03. The van der Waals surface area contributed by atoms with Crippen LogP contribution < -0.4 is 16.6 Å². The minimum atomic E-state index is -0.624. The molecule has 6 nitrogen and oxygen atoms in total. The van der Waals surface area contributed by atoms with Gasteiger partial charge in [0, 0.05) is 17.5 Å². The Morgan fingerprint density at radius 2 is 2.48 bits per heavy atom. The average Bonchev–Trinajstić information content (AvgIpc) is 2.45. The molecule has 1 aliphatic rings. The van der Waals surface area contributed by atoms with Gasteiger partial charge in [0.15, 0.2) is 5.16 Å². The van der Waals surface area contributed by atoms with Crippen molar-refractivity contribution in [1.29, 1.82) is 0 Å². The van der Waals surface area contributed by atoms with Crippen molar-refractivity contribution in [2.75, 3.05) is 6.54 Å². The van der Waals surface area contributed by atoms with E-state index in [-0.39, 0.29) is 16.7 Å². The first-order valence-corrected chi connectivity index (χ1v) is 8.20. The van der Waals surface area contributed by atoms with Gasteiger partial charge in [0.2, 0.25) is 5.91 Å². The number of amides is 1. The van der Waals surface area contributed by atoms with Crippen molar-refractivity contribution >= 4 is 17.7 Å². The molecule has 2 atom stereocenters. The zero-order chi connectivity index (χ0) is 15.3. The van der Waals surface area contributed by atoms with Crippen molar-refractivity contribution in [3.05, 3.63) is 22.6 Å². The first-order chi connectivity index (χ1) is 10.1. The van der Waals surface area contributed by atoms with Crippen LogP contribution >= 0.6 is 11.8 Å². The number of thioether (sulfide) groups is 1. The zero-order valence-corrected chi connectivity index (χ0v) is 13.0. The van der Waals surface area contributed by atoms with Gasteiger partial charge in [-0.2, -0.15) is 0 Å². The van der Waals surface area contributed by atoms with E-state index < -0.39 is 5.54 Å². The van der Waals surface area contributed by atoms with Crippen LogP contribution in [0.15, 0.2) is 22.2 Å². The second-order valence-electron chi connectivity index (χ2n) is 5.45. The maximum absolute atomic E-state index is 11.9. The van der Waals surface area contributed by atoms with Crippen molar-refractivity contribution in [2.45, 2.75) is 55.0 Å². The van der Waals surface area contributed by atoms with Crippen LogP contribution in [0.5, 0.6) is 0 Å². The summed E-state index contributed by atoms with van der Waals surface area (Å²) in [7, 11) is 0. The molecule has 116 valence electrons. The van der Waals surface area contributed by atoms with Gasteiger partial charge in [-0.05, 0) is 38.6 Å². The smallest absolute Gasteiger partial charge is 0.251 e. The average molecular weight is 310 g/mol. The second-order valence-corrected chi connectivity index (χ2v) is 6.74. The number of nitrogens with two attached hydrogens (primary N) is 1. The lowest BCUT2D eigenvalue weighted by Crippen LogP contribution is -2.58. The van der Waals surface area contributed by atoms with Gasteiger partial charge in [0.05, 0.1) is 5.54 Å². The summed E-state index contributed by atoms with van der Waals surface area (Å²) >= 11 is 1.52. The molecule has 4 N–H and O–H groups in total. The number of aromatic nitrogens is 2. The third kappa shape index (κ3) is 4.07. The van der Waals surface area contributed by atoms with Gasteiger partial charge in [-0.3, -0.25) is 9.59 Å². The third-order valence-corrected chi connectivity index (χ3v) is 4.98. The molecule has 0 aromatic carbocycles. The molecule has 2 rings (SSSR count). The second kappa shape index (κ2) is 7.09. The van der Waals surface area contributed by atoms with Gasteiger partial charge >= 0.3 is 0 Å². The van der Waals surface area contributed by atoms with E-state index in [1.807, 2.05) is 0 Å². The van der Waals surface area contributed by atoms with Crippen LogP contribution in [-0.4, -0.2) is 33.2 Å². The van der Waals surface area contributed by atoms with Gasteiger partial charge < -0.3 is 16.0 Å². The number of carbonyl (C=O) groups is 1. The Balaban J connectivity index is 2.08. The van der Waals surface area contributed by atoms with Crippen LogP contribution in [-0.2, 0) is 4.79 Å². The predicted molar refractivity (Wildman–Crippen MR) is 83.2 cm³/mol. The lowest BCUT2D eigenvalue weighted by Gasteiger charge is -2.38. The standard InChI is InChI=1S/C14H22N4O2S/c1-2-7-17-14(12(15)20)6-3-4-10(9-14)21-13-16-8-5-11(19)18-13/h5,8,10,17H,2-4,6-7,9H2,1H3,(H2,15,20)(H,16,18,19). The minimum absolute atomic E-state index is 0.159. The molecule has 1 heterocycles. The Hall–Kier alpha value is -1.34. The number of rotatable bonds is 6.